The lowest BCUT2D eigenvalue weighted by atomic mass is 9.95. The summed E-state index contributed by atoms with van der Waals surface area (Å²) in [7, 11) is 0. The van der Waals surface area contributed by atoms with Crippen LogP contribution in [0.1, 0.15) is 43.8 Å². The summed E-state index contributed by atoms with van der Waals surface area (Å²) in [6.45, 7) is 1.87. The van der Waals surface area contributed by atoms with Gasteiger partial charge in [-0.25, -0.2) is 0 Å². The topological polar surface area (TPSA) is 34.1 Å². The van der Waals surface area contributed by atoms with Crippen LogP contribution in [-0.4, -0.2) is 11.6 Å². The fraction of sp³-hybridized carbons (Fsp3) is 0.176. The van der Waals surface area contributed by atoms with E-state index < -0.39 is 0 Å². The molecule has 0 spiro atoms. The predicted molar refractivity (Wildman–Crippen MR) is 78.7 cm³/mol. The number of aryl methyl sites for hydroxylation is 1. The van der Waals surface area contributed by atoms with E-state index in [1.165, 1.54) is 0 Å². The van der Waals surface area contributed by atoms with E-state index in [1.54, 1.807) is 36.4 Å². The van der Waals surface area contributed by atoms with Crippen molar-refractivity contribution in [3.63, 3.8) is 0 Å². The SMILES string of the molecule is Cc1cc(C(=O)c2cccc3c2CCC3=O)ccc1Cl. The van der Waals surface area contributed by atoms with Crippen molar-refractivity contribution in [1.29, 1.82) is 0 Å². The van der Waals surface area contributed by atoms with Gasteiger partial charge in [0.15, 0.2) is 11.6 Å². The van der Waals surface area contributed by atoms with E-state index in [9.17, 15) is 9.59 Å². The molecule has 0 saturated heterocycles. The van der Waals surface area contributed by atoms with E-state index in [0.29, 0.717) is 34.6 Å². The van der Waals surface area contributed by atoms with Crippen molar-refractivity contribution in [3.05, 3.63) is 69.2 Å². The highest BCUT2D eigenvalue weighted by Gasteiger charge is 2.24. The molecular formula is C17H13ClO2. The zero-order valence-corrected chi connectivity index (χ0v) is 11.8. The highest BCUT2D eigenvalue weighted by atomic mass is 35.5. The number of halogens is 1. The molecular weight excluding hydrogens is 272 g/mol. The Labute approximate surface area is 122 Å². The molecule has 100 valence electrons. The van der Waals surface area contributed by atoms with Gasteiger partial charge in [0.2, 0.25) is 0 Å². The molecule has 0 N–H and O–H groups in total. The van der Waals surface area contributed by atoms with Crippen molar-refractivity contribution in [1.82, 2.24) is 0 Å². The van der Waals surface area contributed by atoms with Gasteiger partial charge in [-0.15, -0.1) is 0 Å². The van der Waals surface area contributed by atoms with Gasteiger partial charge in [-0.3, -0.25) is 9.59 Å². The van der Waals surface area contributed by atoms with E-state index in [4.69, 9.17) is 11.6 Å². The zero-order valence-electron chi connectivity index (χ0n) is 11.1. The molecule has 3 heteroatoms. The van der Waals surface area contributed by atoms with Crippen LogP contribution in [0.5, 0.6) is 0 Å². The van der Waals surface area contributed by atoms with Crippen molar-refractivity contribution in [2.75, 3.05) is 0 Å². The molecule has 1 aliphatic carbocycles. The minimum atomic E-state index is -0.0451. The Morgan fingerprint density at radius 1 is 1.15 bits per heavy atom. The van der Waals surface area contributed by atoms with E-state index in [1.807, 2.05) is 6.92 Å². The Bertz CT molecular complexity index is 732. The number of rotatable bonds is 2. The minimum absolute atomic E-state index is 0.0451. The molecule has 0 aromatic heterocycles. The van der Waals surface area contributed by atoms with Gasteiger partial charge in [0, 0.05) is 28.1 Å². The summed E-state index contributed by atoms with van der Waals surface area (Å²) in [5.41, 5.74) is 3.70. The summed E-state index contributed by atoms with van der Waals surface area (Å²) in [5, 5.41) is 0.648. The number of fused-ring (bicyclic) bond motifs is 1. The molecule has 0 radical (unpaired) electrons. The van der Waals surface area contributed by atoms with Gasteiger partial charge in [0.25, 0.3) is 0 Å². The van der Waals surface area contributed by atoms with Crippen LogP contribution >= 0.6 is 11.6 Å². The van der Waals surface area contributed by atoms with Crippen molar-refractivity contribution < 1.29 is 9.59 Å². The molecule has 0 aliphatic heterocycles. The number of Topliss-reactive ketones (excluding diaryl/α,β-unsaturated/α-hetero) is 1. The Morgan fingerprint density at radius 2 is 1.95 bits per heavy atom. The molecule has 1 aliphatic rings. The summed E-state index contributed by atoms with van der Waals surface area (Å²) in [4.78, 5) is 24.4. The number of hydrogen-bond donors (Lipinski definition) is 0. The van der Waals surface area contributed by atoms with Gasteiger partial charge >= 0.3 is 0 Å². The minimum Gasteiger partial charge on any atom is -0.294 e. The summed E-state index contributed by atoms with van der Waals surface area (Å²) >= 11 is 5.99. The normalized spacial score (nSPS) is 13.4. The Balaban J connectivity index is 2.08. The summed E-state index contributed by atoms with van der Waals surface area (Å²) in [5.74, 6) is 0.0817. The third kappa shape index (κ3) is 2.06. The number of benzene rings is 2. The molecule has 0 unspecified atom stereocenters. The first-order valence-corrected chi connectivity index (χ1v) is 6.91. The van der Waals surface area contributed by atoms with Crippen molar-refractivity contribution >= 4 is 23.2 Å². The largest absolute Gasteiger partial charge is 0.294 e. The van der Waals surface area contributed by atoms with Gasteiger partial charge in [-0.2, -0.15) is 0 Å². The highest BCUT2D eigenvalue weighted by Crippen LogP contribution is 2.27. The van der Waals surface area contributed by atoms with Crippen molar-refractivity contribution in [2.45, 2.75) is 19.8 Å². The lowest BCUT2D eigenvalue weighted by Gasteiger charge is -2.08. The number of ketones is 2. The predicted octanol–water partition coefficient (Wildman–Crippen LogP) is 4.01. The lowest BCUT2D eigenvalue weighted by Crippen LogP contribution is -2.06. The van der Waals surface area contributed by atoms with Crippen LogP contribution < -0.4 is 0 Å². The van der Waals surface area contributed by atoms with Crippen molar-refractivity contribution in [2.24, 2.45) is 0 Å². The lowest BCUT2D eigenvalue weighted by molar-refractivity contribution is 0.0993. The molecule has 3 rings (SSSR count). The maximum atomic E-state index is 12.6. The monoisotopic (exact) mass is 284 g/mol. The molecule has 20 heavy (non-hydrogen) atoms. The quantitative estimate of drug-likeness (QED) is 0.781. The first-order chi connectivity index (χ1) is 9.58. The summed E-state index contributed by atoms with van der Waals surface area (Å²) in [6.07, 6.45) is 1.15. The molecule has 2 aromatic carbocycles. The van der Waals surface area contributed by atoms with Crippen LogP contribution in [0.3, 0.4) is 0 Å². The maximum Gasteiger partial charge on any atom is 0.193 e. The average molecular weight is 285 g/mol. The van der Waals surface area contributed by atoms with Crippen LogP contribution in [-0.2, 0) is 6.42 Å². The van der Waals surface area contributed by atoms with E-state index in [2.05, 4.69) is 0 Å². The maximum absolute atomic E-state index is 12.6. The second kappa shape index (κ2) is 4.88. The second-order valence-corrected chi connectivity index (χ2v) is 5.46. The fourth-order valence-corrected chi connectivity index (χ4v) is 2.76. The number of hydrogen-bond acceptors (Lipinski definition) is 2. The van der Waals surface area contributed by atoms with Crippen LogP contribution in [0.2, 0.25) is 5.02 Å². The molecule has 0 fully saturated rings. The van der Waals surface area contributed by atoms with Crippen LogP contribution in [0.25, 0.3) is 0 Å². The molecule has 2 nitrogen and oxygen atoms in total. The van der Waals surface area contributed by atoms with Gasteiger partial charge in [-0.1, -0.05) is 29.8 Å². The Morgan fingerprint density at radius 3 is 2.70 bits per heavy atom. The van der Waals surface area contributed by atoms with E-state index >= 15 is 0 Å². The van der Waals surface area contributed by atoms with Crippen LogP contribution in [0, 0.1) is 6.92 Å². The van der Waals surface area contributed by atoms with E-state index in [0.717, 1.165) is 11.1 Å². The molecule has 0 amide bonds. The second-order valence-electron chi connectivity index (χ2n) is 5.05. The van der Waals surface area contributed by atoms with Crippen LogP contribution in [0.15, 0.2) is 36.4 Å². The smallest absolute Gasteiger partial charge is 0.193 e. The Hall–Kier alpha value is -1.93. The molecule has 0 bridgehead atoms. The Kier molecular flexibility index (Phi) is 3.19. The van der Waals surface area contributed by atoms with Crippen molar-refractivity contribution in [3.8, 4) is 0 Å². The summed E-state index contributed by atoms with van der Waals surface area (Å²) < 4.78 is 0. The molecule has 0 atom stereocenters. The van der Waals surface area contributed by atoms with Gasteiger partial charge in [-0.05, 0) is 42.7 Å². The third-order valence-corrected chi connectivity index (χ3v) is 4.17. The first-order valence-electron chi connectivity index (χ1n) is 6.54. The van der Waals surface area contributed by atoms with Gasteiger partial charge < -0.3 is 0 Å². The molecule has 0 heterocycles. The van der Waals surface area contributed by atoms with Gasteiger partial charge in [0.05, 0.1) is 0 Å². The highest BCUT2D eigenvalue weighted by molar-refractivity contribution is 6.31. The molecule has 0 saturated carbocycles. The zero-order chi connectivity index (χ0) is 14.3. The fourth-order valence-electron chi connectivity index (χ4n) is 2.64. The standard InChI is InChI=1S/C17H13ClO2/c1-10-9-11(5-7-15(10)18)17(20)14-4-2-3-13-12(14)6-8-16(13)19/h2-5,7,9H,6,8H2,1H3. The first kappa shape index (κ1) is 13.1. The number of carbonyl (C=O) groups excluding carboxylic acids is 2. The van der Waals surface area contributed by atoms with Crippen LogP contribution in [0.4, 0.5) is 0 Å². The third-order valence-electron chi connectivity index (χ3n) is 3.74. The van der Waals surface area contributed by atoms with Gasteiger partial charge in [0.1, 0.15) is 0 Å². The van der Waals surface area contributed by atoms with E-state index in [-0.39, 0.29) is 11.6 Å². The average Bonchev–Trinajstić information content (AvgIpc) is 2.83. The number of carbonyl (C=O) groups is 2. The molecule has 2 aromatic rings. The summed E-state index contributed by atoms with van der Waals surface area (Å²) in [6, 6.07) is 10.6.